The van der Waals surface area contributed by atoms with Crippen LogP contribution in [0.5, 0.6) is 0 Å². The number of hydrogen-bond donors (Lipinski definition) is 3. The minimum atomic E-state index is -2.90. The van der Waals surface area contributed by atoms with Crippen molar-refractivity contribution in [3.8, 4) is 0 Å². The Labute approximate surface area is 164 Å². The summed E-state index contributed by atoms with van der Waals surface area (Å²) in [4.78, 5) is 4.17. The van der Waals surface area contributed by atoms with E-state index in [2.05, 4.69) is 36.6 Å². The van der Waals surface area contributed by atoms with Gasteiger partial charge in [0.15, 0.2) is 11.5 Å². The van der Waals surface area contributed by atoms with Gasteiger partial charge in [-0.25, -0.2) is 22.4 Å². The lowest BCUT2D eigenvalue weighted by molar-refractivity contribution is 0.234. The molecule has 0 saturated carbocycles. The Morgan fingerprint density at radius 1 is 1.48 bits per heavy atom. The Morgan fingerprint density at radius 3 is 2.85 bits per heavy atom. The molecule has 0 unspecified atom stereocenters. The lowest BCUT2D eigenvalue weighted by atomic mass is 10.2. The third kappa shape index (κ3) is 4.72. The summed E-state index contributed by atoms with van der Waals surface area (Å²) in [6.45, 7) is 0.506. The molecule has 0 spiro atoms. The van der Waals surface area contributed by atoms with Gasteiger partial charge in [-0.3, -0.25) is 10.7 Å². The van der Waals surface area contributed by atoms with Crippen LogP contribution in [0.3, 0.4) is 0 Å². The molecule has 2 heterocycles. The van der Waals surface area contributed by atoms with E-state index < -0.39 is 23.0 Å². The number of aromatic nitrogens is 2. The highest BCUT2D eigenvalue weighted by Crippen LogP contribution is 2.32. The van der Waals surface area contributed by atoms with Crippen molar-refractivity contribution in [2.45, 2.75) is 12.1 Å². The molecule has 3 rings (SSSR count). The van der Waals surface area contributed by atoms with E-state index in [9.17, 15) is 18.0 Å². The van der Waals surface area contributed by atoms with Gasteiger partial charge in [-0.05, 0) is 62.4 Å². The minimum absolute atomic E-state index is 0.0354. The highest BCUT2D eigenvalue weighted by atomic mass is 79.9. The first kappa shape index (κ1) is 19.9. The molecule has 3 N–H and O–H groups in total. The topological polar surface area (TPSA) is 130 Å². The number of anilines is 1. The van der Waals surface area contributed by atoms with E-state index in [0.717, 1.165) is 0 Å². The van der Waals surface area contributed by atoms with Crippen LogP contribution >= 0.6 is 15.9 Å². The van der Waals surface area contributed by atoms with E-state index in [0.29, 0.717) is 24.3 Å². The van der Waals surface area contributed by atoms with Gasteiger partial charge >= 0.3 is 0 Å². The van der Waals surface area contributed by atoms with E-state index in [-0.39, 0.29) is 27.7 Å². The number of nitrogens with one attached hydrogen (secondary N) is 2. The zero-order chi connectivity index (χ0) is 19.6. The van der Waals surface area contributed by atoms with Crippen molar-refractivity contribution in [3.05, 3.63) is 34.2 Å². The van der Waals surface area contributed by atoms with Crippen LogP contribution in [0.2, 0.25) is 12.1 Å². The lowest BCUT2D eigenvalue weighted by Crippen LogP contribution is -2.41. The van der Waals surface area contributed by atoms with Crippen LogP contribution in [0.25, 0.3) is 0 Å². The number of hydrogen-bond acceptors (Lipinski definition) is 8. The van der Waals surface area contributed by atoms with Crippen molar-refractivity contribution >= 4 is 50.5 Å². The second-order valence-electron chi connectivity index (χ2n) is 6.10. The molecular formula is C14H16BrFN5O4SSi. The molecule has 9 nitrogen and oxygen atoms in total. The third-order valence-electron chi connectivity index (χ3n) is 4.08. The molecule has 0 atom stereocenters. The Kier molecular flexibility index (Phi) is 5.93. The lowest BCUT2D eigenvalue weighted by Gasteiger charge is -2.31. The predicted molar refractivity (Wildman–Crippen MR) is 102 cm³/mol. The van der Waals surface area contributed by atoms with Crippen molar-refractivity contribution < 1.29 is 22.6 Å². The van der Waals surface area contributed by atoms with Gasteiger partial charge in [-0.2, -0.15) is 0 Å². The molecule has 1 fully saturated rings. The summed E-state index contributed by atoms with van der Waals surface area (Å²) in [6.07, 6.45) is 1.29. The molecule has 1 aromatic heterocycles. The summed E-state index contributed by atoms with van der Waals surface area (Å²) >= 11 is 3.07. The molecular weight excluding hydrogens is 461 g/mol. The Hall–Kier alpha value is -1.83. The molecule has 1 aliphatic heterocycles. The fourth-order valence-corrected chi connectivity index (χ4v) is 8.21. The highest BCUT2D eigenvalue weighted by molar-refractivity contribution is 9.10. The van der Waals surface area contributed by atoms with Gasteiger partial charge in [0.1, 0.15) is 15.1 Å². The number of benzene rings is 1. The largest absolute Gasteiger partial charge is 0.365 e. The molecule has 27 heavy (non-hydrogen) atoms. The smallest absolute Gasteiger partial charge is 0.205 e. The maximum absolute atomic E-state index is 13.3. The molecule has 145 valence electrons. The fourth-order valence-electron chi connectivity index (χ4n) is 2.55. The first-order chi connectivity index (χ1) is 12.8. The Bertz CT molecular complexity index is 964. The van der Waals surface area contributed by atoms with Crippen molar-refractivity contribution in [2.75, 3.05) is 18.1 Å². The van der Waals surface area contributed by atoms with Gasteiger partial charge in [0, 0.05) is 12.8 Å². The SMILES string of the molecule is CS(=O)(=O)[Si]1CC(CNc2nonc2C(=Nc2ccc(F)c(Br)c2)NO)C1. The highest BCUT2D eigenvalue weighted by Gasteiger charge is 2.39. The molecule has 0 bridgehead atoms. The van der Waals surface area contributed by atoms with Crippen molar-refractivity contribution in [2.24, 2.45) is 10.9 Å². The third-order valence-corrected chi connectivity index (χ3v) is 11.9. The Balaban J connectivity index is 1.69. The number of rotatable bonds is 6. The van der Waals surface area contributed by atoms with Crippen LogP contribution < -0.4 is 10.8 Å². The number of nitrogens with zero attached hydrogens (tertiary/aromatic N) is 3. The van der Waals surface area contributed by atoms with Crippen LogP contribution in [-0.2, 0) is 9.29 Å². The molecule has 13 heteroatoms. The van der Waals surface area contributed by atoms with Gasteiger partial charge in [-0.15, -0.1) is 0 Å². The number of hydroxylamine groups is 1. The molecule has 1 saturated heterocycles. The quantitative estimate of drug-likeness (QED) is 0.250. The van der Waals surface area contributed by atoms with Crippen molar-refractivity contribution in [3.63, 3.8) is 0 Å². The summed E-state index contributed by atoms with van der Waals surface area (Å²) in [7, 11) is -4.22. The summed E-state index contributed by atoms with van der Waals surface area (Å²) in [5.74, 6) is 0.0189. The van der Waals surface area contributed by atoms with E-state index in [4.69, 9.17) is 4.63 Å². The molecule has 2 aromatic rings. The van der Waals surface area contributed by atoms with Gasteiger partial charge in [0.25, 0.3) is 0 Å². The molecule has 1 aromatic carbocycles. The number of amidine groups is 1. The van der Waals surface area contributed by atoms with Crippen LogP contribution in [-0.4, -0.2) is 50.5 Å². The summed E-state index contributed by atoms with van der Waals surface area (Å²) < 4.78 is 41.3. The van der Waals surface area contributed by atoms with Gasteiger partial charge in [0.05, 0.1) is 10.2 Å². The first-order valence-corrected chi connectivity index (χ1v) is 13.2. The van der Waals surface area contributed by atoms with Gasteiger partial charge in [0.2, 0.25) is 13.8 Å². The van der Waals surface area contributed by atoms with E-state index in [1.807, 2.05) is 5.48 Å². The van der Waals surface area contributed by atoms with Crippen molar-refractivity contribution in [1.82, 2.24) is 15.8 Å². The van der Waals surface area contributed by atoms with Crippen LogP contribution in [0.4, 0.5) is 15.9 Å². The molecule has 0 amide bonds. The normalized spacial score (nSPS) is 16.2. The van der Waals surface area contributed by atoms with E-state index in [1.165, 1.54) is 24.5 Å². The zero-order valence-electron chi connectivity index (χ0n) is 14.1. The second kappa shape index (κ2) is 8.04. The molecule has 1 radical (unpaired) electrons. The van der Waals surface area contributed by atoms with Crippen molar-refractivity contribution in [1.29, 1.82) is 0 Å². The Morgan fingerprint density at radius 2 is 2.22 bits per heavy atom. The van der Waals surface area contributed by atoms with Crippen LogP contribution in [0.15, 0.2) is 32.3 Å². The maximum atomic E-state index is 13.3. The van der Waals surface area contributed by atoms with Crippen LogP contribution in [0.1, 0.15) is 5.69 Å². The fraction of sp³-hybridized carbons (Fsp3) is 0.357. The van der Waals surface area contributed by atoms with E-state index >= 15 is 0 Å². The zero-order valence-corrected chi connectivity index (χ0v) is 17.5. The van der Waals surface area contributed by atoms with Crippen LogP contribution in [0, 0.1) is 11.7 Å². The summed E-state index contributed by atoms with van der Waals surface area (Å²) in [6, 6.07) is 5.47. The summed E-state index contributed by atoms with van der Waals surface area (Å²) in [5.41, 5.74) is 2.45. The number of aliphatic imine (C=N–C) groups is 1. The second-order valence-corrected chi connectivity index (χ2v) is 14.3. The first-order valence-electron chi connectivity index (χ1n) is 7.83. The molecule has 1 aliphatic rings. The van der Waals surface area contributed by atoms with Gasteiger partial charge < -0.3 is 5.32 Å². The number of halogens is 2. The monoisotopic (exact) mass is 476 g/mol. The summed E-state index contributed by atoms with van der Waals surface area (Å²) in [5, 5.41) is 19.9. The van der Waals surface area contributed by atoms with E-state index in [1.54, 1.807) is 0 Å². The van der Waals surface area contributed by atoms with Gasteiger partial charge in [-0.1, -0.05) is 0 Å². The molecule has 0 aliphatic carbocycles. The standard InChI is InChI=1S/C14H16BrFN5O4SSi/c1-26(23,24)27-6-8(7-27)5-17-13-12(20-25-21-13)14(19-22)18-9-2-3-11(16)10(15)4-9/h2-4,8,22H,5-7H2,1H3,(H,17,21)(H,18,19). The minimum Gasteiger partial charge on any atom is -0.365 e. The average Bonchev–Trinajstić information content (AvgIpc) is 3.01. The predicted octanol–water partition coefficient (Wildman–Crippen LogP) is 2.11. The average molecular weight is 477 g/mol. The maximum Gasteiger partial charge on any atom is 0.205 e.